The lowest BCUT2D eigenvalue weighted by Gasteiger charge is -2.30. The highest BCUT2D eigenvalue weighted by molar-refractivity contribution is 6.32. The molecule has 0 aliphatic heterocycles. The second kappa shape index (κ2) is 9.31. The topological polar surface area (TPSA) is 43.2 Å². The number of aromatic nitrogens is 3. The first-order valence-corrected chi connectivity index (χ1v) is 12.1. The molecule has 34 heavy (non-hydrogen) atoms. The van der Waals surface area contributed by atoms with Crippen molar-refractivity contribution in [2.75, 3.05) is 18.6 Å². The predicted octanol–water partition coefficient (Wildman–Crippen LogP) is 6.24. The normalized spacial score (nSPS) is 16.2. The maximum atomic E-state index is 13.7. The van der Waals surface area contributed by atoms with Crippen LogP contribution in [0.3, 0.4) is 0 Å². The Balaban J connectivity index is 1.59. The summed E-state index contributed by atoms with van der Waals surface area (Å²) in [6, 6.07) is 10.5. The molecular weight excluding hydrogens is 451 g/mol. The second-order valence-corrected chi connectivity index (χ2v) is 9.71. The number of halogens is 2. The van der Waals surface area contributed by atoms with E-state index in [0.717, 1.165) is 47.7 Å². The third-order valence-electron chi connectivity index (χ3n) is 6.66. The summed E-state index contributed by atoms with van der Waals surface area (Å²) < 4.78 is 21.0. The van der Waals surface area contributed by atoms with Crippen molar-refractivity contribution in [2.45, 2.75) is 51.0 Å². The third-order valence-corrected chi connectivity index (χ3v) is 6.96. The van der Waals surface area contributed by atoms with Crippen LogP contribution in [0.1, 0.15) is 61.0 Å². The van der Waals surface area contributed by atoms with Crippen LogP contribution in [-0.4, -0.2) is 28.4 Å². The molecule has 1 aromatic heterocycles. The van der Waals surface area contributed by atoms with Gasteiger partial charge in [0.05, 0.1) is 30.4 Å². The highest BCUT2D eigenvalue weighted by atomic mass is 35.5. The minimum Gasteiger partial charge on any atom is -0.496 e. The van der Waals surface area contributed by atoms with Gasteiger partial charge in [0.15, 0.2) is 0 Å². The zero-order chi connectivity index (χ0) is 23.8. The van der Waals surface area contributed by atoms with E-state index in [4.69, 9.17) is 32.8 Å². The molecule has 3 aromatic rings. The number of anilines is 1. The monoisotopic (exact) mass is 478 g/mol. The summed E-state index contributed by atoms with van der Waals surface area (Å²) in [5, 5.41) is 5.50. The van der Waals surface area contributed by atoms with E-state index in [1.54, 1.807) is 7.11 Å². The van der Waals surface area contributed by atoms with Crippen LogP contribution in [0.2, 0.25) is 5.02 Å². The van der Waals surface area contributed by atoms with Gasteiger partial charge < -0.3 is 9.64 Å². The van der Waals surface area contributed by atoms with Gasteiger partial charge in [-0.1, -0.05) is 42.5 Å². The molecule has 1 unspecified atom stereocenters. The molecule has 0 saturated heterocycles. The standard InChI is InChI=1S/C27H28ClFN4O/c1-4-13-32(23(15-18-5-6-18)19-9-11-21(29)12-10-19)27-30-26(20-7-8-20)33(31-27)24-14-17(2)25(34-3)16-22(24)28/h1,9-12,14,16,18,20,23H,5-8,13,15H2,2-3H3. The lowest BCUT2D eigenvalue weighted by molar-refractivity contribution is 0.411. The van der Waals surface area contributed by atoms with Crippen LogP contribution in [0.5, 0.6) is 5.75 Å². The summed E-state index contributed by atoms with van der Waals surface area (Å²) in [7, 11) is 1.63. The van der Waals surface area contributed by atoms with Crippen molar-refractivity contribution < 1.29 is 9.13 Å². The van der Waals surface area contributed by atoms with Gasteiger partial charge in [0.2, 0.25) is 5.95 Å². The lowest BCUT2D eigenvalue weighted by Crippen LogP contribution is -2.31. The quantitative estimate of drug-likeness (QED) is 0.342. The van der Waals surface area contributed by atoms with Gasteiger partial charge in [-0.25, -0.2) is 9.07 Å². The molecule has 0 N–H and O–H groups in total. The van der Waals surface area contributed by atoms with E-state index >= 15 is 0 Å². The van der Waals surface area contributed by atoms with E-state index in [0.29, 0.717) is 29.4 Å². The Morgan fingerprint density at radius 3 is 2.59 bits per heavy atom. The van der Waals surface area contributed by atoms with Crippen LogP contribution in [0.15, 0.2) is 36.4 Å². The molecule has 0 amide bonds. The molecule has 0 bridgehead atoms. The smallest absolute Gasteiger partial charge is 0.246 e. The minimum absolute atomic E-state index is 0.0277. The van der Waals surface area contributed by atoms with Crippen molar-refractivity contribution in [1.29, 1.82) is 0 Å². The van der Waals surface area contributed by atoms with Crippen molar-refractivity contribution in [3.8, 4) is 23.8 Å². The van der Waals surface area contributed by atoms with Gasteiger partial charge in [-0.15, -0.1) is 11.5 Å². The number of nitrogens with zero attached hydrogens (tertiary/aromatic N) is 4. The summed E-state index contributed by atoms with van der Waals surface area (Å²) in [6.07, 6.45) is 11.3. The van der Waals surface area contributed by atoms with Gasteiger partial charge in [0.25, 0.3) is 0 Å². The molecule has 2 aliphatic carbocycles. The van der Waals surface area contributed by atoms with Gasteiger partial charge in [-0.2, -0.15) is 4.98 Å². The number of benzene rings is 2. The Labute approximate surface area is 204 Å². The summed E-state index contributed by atoms with van der Waals surface area (Å²) in [5.74, 6) is 5.74. The fourth-order valence-electron chi connectivity index (χ4n) is 4.46. The molecule has 1 heterocycles. The van der Waals surface area contributed by atoms with E-state index in [1.807, 2.05) is 35.9 Å². The Morgan fingerprint density at radius 2 is 1.97 bits per heavy atom. The van der Waals surface area contributed by atoms with E-state index in [-0.39, 0.29) is 11.9 Å². The molecule has 1 atom stereocenters. The van der Waals surface area contributed by atoms with E-state index < -0.39 is 0 Å². The van der Waals surface area contributed by atoms with Crippen LogP contribution < -0.4 is 9.64 Å². The maximum absolute atomic E-state index is 13.7. The number of terminal acetylenes is 1. The van der Waals surface area contributed by atoms with Crippen LogP contribution in [0.25, 0.3) is 5.69 Å². The van der Waals surface area contributed by atoms with E-state index in [9.17, 15) is 4.39 Å². The highest BCUT2D eigenvalue weighted by Crippen LogP contribution is 2.44. The summed E-state index contributed by atoms with van der Waals surface area (Å²) in [5.41, 5.74) is 2.77. The average Bonchev–Trinajstić information content (AvgIpc) is 3.77. The maximum Gasteiger partial charge on any atom is 0.246 e. The number of aryl methyl sites for hydroxylation is 1. The SMILES string of the molecule is C#CCN(c1nc(C2CC2)n(-c2cc(C)c(OC)cc2Cl)n1)C(CC1CC1)c1ccc(F)cc1. The first-order chi connectivity index (χ1) is 16.5. The van der Waals surface area contributed by atoms with Crippen molar-refractivity contribution in [2.24, 2.45) is 5.92 Å². The van der Waals surface area contributed by atoms with Gasteiger partial charge in [-0.3, -0.25) is 0 Å². The lowest BCUT2D eigenvalue weighted by atomic mass is 9.99. The predicted molar refractivity (Wildman–Crippen MR) is 132 cm³/mol. The molecular formula is C27H28ClFN4O. The molecule has 0 radical (unpaired) electrons. The fourth-order valence-corrected chi connectivity index (χ4v) is 4.70. The number of rotatable bonds is 9. The zero-order valence-corrected chi connectivity index (χ0v) is 20.2. The molecule has 5 nitrogen and oxygen atoms in total. The molecule has 2 fully saturated rings. The third kappa shape index (κ3) is 4.63. The largest absolute Gasteiger partial charge is 0.496 e. The van der Waals surface area contributed by atoms with E-state index in [2.05, 4.69) is 10.8 Å². The number of ether oxygens (including phenoxy) is 1. The van der Waals surface area contributed by atoms with Crippen molar-refractivity contribution in [3.63, 3.8) is 0 Å². The Hall–Kier alpha value is -3.04. The number of methoxy groups -OCH3 is 1. The molecule has 7 heteroatoms. The van der Waals surface area contributed by atoms with E-state index in [1.165, 1.54) is 25.0 Å². The second-order valence-electron chi connectivity index (χ2n) is 9.31. The van der Waals surface area contributed by atoms with Crippen LogP contribution in [0, 0.1) is 31.0 Å². The van der Waals surface area contributed by atoms with Crippen molar-refractivity contribution in [1.82, 2.24) is 14.8 Å². The molecule has 2 aromatic carbocycles. The van der Waals surface area contributed by atoms with Crippen LogP contribution in [-0.2, 0) is 0 Å². The van der Waals surface area contributed by atoms with Crippen LogP contribution >= 0.6 is 11.6 Å². The number of hydrogen-bond acceptors (Lipinski definition) is 4. The molecule has 176 valence electrons. The Morgan fingerprint density at radius 1 is 1.24 bits per heavy atom. The first-order valence-electron chi connectivity index (χ1n) is 11.8. The van der Waals surface area contributed by atoms with Crippen molar-refractivity contribution in [3.05, 3.63) is 64.2 Å². The fraction of sp³-hybridized carbons (Fsp3) is 0.407. The summed E-state index contributed by atoms with van der Waals surface area (Å²) >= 11 is 6.66. The summed E-state index contributed by atoms with van der Waals surface area (Å²) in [6.45, 7) is 2.34. The van der Waals surface area contributed by atoms with Gasteiger partial charge in [-0.05, 0) is 61.4 Å². The van der Waals surface area contributed by atoms with Gasteiger partial charge >= 0.3 is 0 Å². The Bertz CT molecular complexity index is 1220. The molecule has 5 rings (SSSR count). The highest BCUT2D eigenvalue weighted by Gasteiger charge is 2.35. The number of hydrogen-bond donors (Lipinski definition) is 0. The van der Waals surface area contributed by atoms with Gasteiger partial charge in [0.1, 0.15) is 17.4 Å². The van der Waals surface area contributed by atoms with Gasteiger partial charge in [0, 0.05) is 12.0 Å². The minimum atomic E-state index is -0.250. The first kappa shape index (κ1) is 22.7. The van der Waals surface area contributed by atoms with Crippen LogP contribution in [0.4, 0.5) is 10.3 Å². The molecule has 2 saturated carbocycles. The van der Waals surface area contributed by atoms with Crippen molar-refractivity contribution >= 4 is 17.5 Å². The average molecular weight is 479 g/mol. The molecule has 2 aliphatic rings. The summed E-state index contributed by atoms with van der Waals surface area (Å²) in [4.78, 5) is 7.07. The molecule has 0 spiro atoms. The zero-order valence-electron chi connectivity index (χ0n) is 19.5. The Kier molecular flexibility index (Phi) is 6.22.